The lowest BCUT2D eigenvalue weighted by Crippen LogP contribution is -2.64. The molecule has 1 aromatic carbocycles. The molecule has 2 aliphatic heterocycles. The molecule has 7 nitrogen and oxygen atoms in total. The molecule has 138 valence electrons. The molecule has 1 amide bonds. The average Bonchev–Trinajstić information content (AvgIpc) is 2.56. The first-order valence-corrected chi connectivity index (χ1v) is 10.2. The summed E-state index contributed by atoms with van der Waals surface area (Å²) in [5.74, 6) is 0.398. The monoisotopic (exact) mass is 368 g/mol. The smallest absolute Gasteiger partial charge is 0.257 e. The van der Waals surface area contributed by atoms with Crippen molar-refractivity contribution in [2.45, 2.75) is 24.9 Å². The fourth-order valence-corrected chi connectivity index (χ4v) is 4.98. The summed E-state index contributed by atoms with van der Waals surface area (Å²) in [6, 6.07) is 6.86. The summed E-state index contributed by atoms with van der Waals surface area (Å²) in [4.78, 5) is 14.3. The number of sulfonamides is 1. The van der Waals surface area contributed by atoms with Gasteiger partial charge in [0.2, 0.25) is 10.0 Å². The van der Waals surface area contributed by atoms with Crippen LogP contribution in [0.1, 0.15) is 23.2 Å². The number of carbonyl (C=O) groups is 1. The normalized spacial score (nSPS) is 19.7. The minimum atomic E-state index is -3.34. The van der Waals surface area contributed by atoms with E-state index in [4.69, 9.17) is 9.47 Å². The number of hydrogen-bond acceptors (Lipinski definition) is 5. The molecule has 25 heavy (non-hydrogen) atoms. The van der Waals surface area contributed by atoms with Crippen molar-refractivity contribution in [1.29, 1.82) is 0 Å². The number of rotatable bonds is 5. The van der Waals surface area contributed by atoms with Gasteiger partial charge in [0.15, 0.2) is 0 Å². The molecule has 2 saturated heterocycles. The molecule has 2 aliphatic rings. The summed E-state index contributed by atoms with van der Waals surface area (Å²) < 4.78 is 36.7. The lowest BCUT2D eigenvalue weighted by molar-refractivity contribution is 0.0124. The van der Waals surface area contributed by atoms with Gasteiger partial charge in [-0.1, -0.05) is 12.1 Å². The van der Waals surface area contributed by atoms with Crippen LogP contribution < -0.4 is 4.74 Å². The van der Waals surface area contributed by atoms with E-state index in [1.165, 1.54) is 13.4 Å². The zero-order chi connectivity index (χ0) is 18.0. The third-order valence-electron chi connectivity index (χ3n) is 4.78. The first kappa shape index (κ1) is 18.2. The van der Waals surface area contributed by atoms with Gasteiger partial charge in [-0.05, 0) is 25.0 Å². The van der Waals surface area contributed by atoms with Gasteiger partial charge in [0, 0.05) is 32.3 Å². The van der Waals surface area contributed by atoms with Crippen LogP contribution in [0.15, 0.2) is 24.3 Å². The predicted molar refractivity (Wildman–Crippen MR) is 93.2 cm³/mol. The Morgan fingerprint density at radius 3 is 2.44 bits per heavy atom. The summed E-state index contributed by atoms with van der Waals surface area (Å²) in [7, 11) is -1.81. The van der Waals surface area contributed by atoms with Crippen molar-refractivity contribution in [2.75, 3.05) is 39.7 Å². The molecular formula is C17H24N2O5S. The molecule has 3 rings (SSSR count). The fourth-order valence-electron chi connectivity index (χ4n) is 3.55. The molecule has 0 saturated carbocycles. The SMILES string of the molecule is COc1ccccc1C(=O)N1CC(N(C2CCOCC2)S(C)(=O)=O)C1. The maximum absolute atomic E-state index is 12.7. The molecule has 0 aromatic heterocycles. The number of amides is 1. The van der Waals surface area contributed by atoms with Crippen LogP contribution in [-0.2, 0) is 14.8 Å². The third-order valence-corrected chi connectivity index (χ3v) is 6.14. The molecule has 0 spiro atoms. The zero-order valence-corrected chi connectivity index (χ0v) is 15.4. The van der Waals surface area contributed by atoms with E-state index in [1.54, 1.807) is 27.4 Å². The van der Waals surface area contributed by atoms with Gasteiger partial charge >= 0.3 is 0 Å². The number of likely N-dealkylation sites (tertiary alicyclic amines) is 1. The minimum Gasteiger partial charge on any atom is -0.496 e. The summed E-state index contributed by atoms with van der Waals surface area (Å²) in [5.41, 5.74) is 0.500. The lowest BCUT2D eigenvalue weighted by Gasteiger charge is -2.47. The highest BCUT2D eigenvalue weighted by atomic mass is 32.2. The first-order valence-electron chi connectivity index (χ1n) is 8.40. The number of hydrogen-bond donors (Lipinski definition) is 0. The van der Waals surface area contributed by atoms with Crippen LogP contribution in [0.2, 0.25) is 0 Å². The molecule has 0 N–H and O–H groups in total. The quantitative estimate of drug-likeness (QED) is 0.774. The van der Waals surface area contributed by atoms with Gasteiger partial charge in [-0.2, -0.15) is 4.31 Å². The highest BCUT2D eigenvalue weighted by Crippen LogP contribution is 2.28. The van der Waals surface area contributed by atoms with Gasteiger partial charge in [0.25, 0.3) is 5.91 Å². The van der Waals surface area contributed by atoms with E-state index in [9.17, 15) is 13.2 Å². The Morgan fingerprint density at radius 1 is 1.20 bits per heavy atom. The van der Waals surface area contributed by atoms with Gasteiger partial charge in [0.1, 0.15) is 5.75 Å². The summed E-state index contributed by atoms with van der Waals surface area (Å²) >= 11 is 0. The second-order valence-corrected chi connectivity index (χ2v) is 8.39. The van der Waals surface area contributed by atoms with Gasteiger partial charge in [-0.25, -0.2) is 8.42 Å². The number of nitrogens with zero attached hydrogens (tertiary/aromatic N) is 2. The third kappa shape index (κ3) is 3.80. The van der Waals surface area contributed by atoms with Crippen LogP contribution in [-0.4, -0.2) is 75.3 Å². The van der Waals surface area contributed by atoms with Gasteiger partial charge in [-0.3, -0.25) is 4.79 Å². The van der Waals surface area contributed by atoms with Gasteiger partial charge in [0.05, 0.1) is 25.0 Å². The topological polar surface area (TPSA) is 76.2 Å². The molecule has 0 aliphatic carbocycles. The van der Waals surface area contributed by atoms with E-state index in [1.807, 2.05) is 6.07 Å². The molecule has 2 fully saturated rings. The Balaban J connectivity index is 1.70. The number of methoxy groups -OCH3 is 1. The zero-order valence-electron chi connectivity index (χ0n) is 14.6. The Labute approximate surface area is 148 Å². The molecule has 0 radical (unpaired) electrons. The van der Waals surface area contributed by atoms with Crippen molar-refractivity contribution >= 4 is 15.9 Å². The predicted octanol–water partition coefficient (Wildman–Crippen LogP) is 0.960. The molecule has 0 unspecified atom stereocenters. The van der Waals surface area contributed by atoms with E-state index in [0.29, 0.717) is 50.5 Å². The first-order chi connectivity index (χ1) is 11.9. The van der Waals surface area contributed by atoms with Gasteiger partial charge in [-0.15, -0.1) is 0 Å². The number of para-hydroxylation sites is 1. The molecular weight excluding hydrogens is 344 g/mol. The fraction of sp³-hybridized carbons (Fsp3) is 0.588. The maximum atomic E-state index is 12.7. The van der Waals surface area contributed by atoms with E-state index in [0.717, 1.165) is 0 Å². The Hall–Kier alpha value is -1.64. The van der Waals surface area contributed by atoms with Gasteiger partial charge < -0.3 is 14.4 Å². The van der Waals surface area contributed by atoms with Crippen molar-refractivity contribution in [2.24, 2.45) is 0 Å². The largest absolute Gasteiger partial charge is 0.496 e. The Bertz CT molecular complexity index is 724. The number of benzene rings is 1. The summed E-state index contributed by atoms with van der Waals surface area (Å²) in [5, 5.41) is 0. The Morgan fingerprint density at radius 2 is 1.84 bits per heavy atom. The molecule has 8 heteroatoms. The van der Waals surface area contributed by atoms with E-state index in [2.05, 4.69) is 0 Å². The van der Waals surface area contributed by atoms with Crippen molar-refractivity contribution in [3.8, 4) is 5.75 Å². The molecule has 1 aromatic rings. The van der Waals surface area contributed by atoms with Crippen LogP contribution in [0.25, 0.3) is 0 Å². The Kier molecular flexibility index (Phi) is 5.31. The van der Waals surface area contributed by atoms with Crippen LogP contribution in [0.4, 0.5) is 0 Å². The highest BCUT2D eigenvalue weighted by Gasteiger charge is 2.43. The second kappa shape index (κ2) is 7.31. The van der Waals surface area contributed by atoms with Crippen LogP contribution in [0.5, 0.6) is 5.75 Å². The van der Waals surface area contributed by atoms with Crippen LogP contribution in [0.3, 0.4) is 0 Å². The maximum Gasteiger partial charge on any atom is 0.257 e. The van der Waals surface area contributed by atoms with Crippen molar-refractivity contribution < 1.29 is 22.7 Å². The van der Waals surface area contributed by atoms with Crippen molar-refractivity contribution in [1.82, 2.24) is 9.21 Å². The molecule has 0 bridgehead atoms. The standard InChI is InChI=1S/C17H24N2O5S/c1-23-16-6-4-3-5-15(16)17(20)18-11-14(12-18)19(25(2,21)22)13-7-9-24-10-8-13/h3-6,13-14H,7-12H2,1-2H3. The second-order valence-electron chi connectivity index (χ2n) is 6.50. The summed E-state index contributed by atoms with van der Waals surface area (Å²) in [6.07, 6.45) is 2.64. The number of ether oxygens (including phenoxy) is 2. The van der Waals surface area contributed by atoms with E-state index < -0.39 is 10.0 Å². The minimum absolute atomic E-state index is 0.0442. The average molecular weight is 368 g/mol. The van der Waals surface area contributed by atoms with Crippen molar-refractivity contribution in [3.63, 3.8) is 0 Å². The summed E-state index contributed by atoms with van der Waals surface area (Å²) in [6.45, 7) is 1.96. The molecule has 2 heterocycles. The van der Waals surface area contributed by atoms with E-state index >= 15 is 0 Å². The highest BCUT2D eigenvalue weighted by molar-refractivity contribution is 7.88. The molecule has 0 atom stereocenters. The lowest BCUT2D eigenvalue weighted by atomic mass is 10.0. The number of carbonyl (C=O) groups excluding carboxylic acids is 1. The van der Waals surface area contributed by atoms with Crippen molar-refractivity contribution in [3.05, 3.63) is 29.8 Å². The van der Waals surface area contributed by atoms with E-state index in [-0.39, 0.29) is 18.0 Å². The van der Waals surface area contributed by atoms with Crippen LogP contribution >= 0.6 is 0 Å². The van der Waals surface area contributed by atoms with Crippen LogP contribution in [0, 0.1) is 0 Å².